The Morgan fingerprint density at radius 1 is 1.53 bits per heavy atom. The molecule has 1 aromatic heterocycles. The second-order valence-electron chi connectivity index (χ2n) is 5.48. The highest BCUT2D eigenvalue weighted by molar-refractivity contribution is 5.92. The van der Waals surface area contributed by atoms with Crippen molar-refractivity contribution in [3.63, 3.8) is 0 Å². The number of piperidine rings is 1. The normalized spacial score (nSPS) is 23.4. The Balaban J connectivity index is 2.12. The van der Waals surface area contributed by atoms with E-state index < -0.39 is 17.5 Å². The van der Waals surface area contributed by atoms with Gasteiger partial charge in [0.1, 0.15) is 6.26 Å². The molecule has 0 unspecified atom stereocenters. The van der Waals surface area contributed by atoms with Gasteiger partial charge in [0.25, 0.3) is 5.91 Å². The largest absolute Gasteiger partial charge is 0.392 e. The summed E-state index contributed by atoms with van der Waals surface area (Å²) in [5.41, 5.74) is -0.878. The third-order valence-electron chi connectivity index (χ3n) is 3.57. The van der Waals surface area contributed by atoms with Gasteiger partial charge in [-0.3, -0.25) is 4.79 Å². The van der Waals surface area contributed by atoms with Crippen molar-refractivity contribution in [3.8, 4) is 0 Å². The van der Waals surface area contributed by atoms with E-state index in [4.69, 9.17) is 0 Å². The average molecular weight is 276 g/mol. The van der Waals surface area contributed by atoms with Crippen molar-refractivity contribution in [1.82, 2.24) is 10.1 Å². The van der Waals surface area contributed by atoms with E-state index in [-0.39, 0.29) is 31.1 Å². The number of carbonyl (C=O) groups is 1. The molecular formula is C12H15F3N2O2. The van der Waals surface area contributed by atoms with Crippen LogP contribution in [-0.2, 0) is 0 Å². The zero-order chi connectivity index (χ0) is 14.3. The van der Waals surface area contributed by atoms with Crippen molar-refractivity contribution >= 4 is 5.91 Å². The Bertz CT molecular complexity index is 454. The Labute approximate surface area is 108 Å². The second kappa shape index (κ2) is 4.54. The lowest BCUT2D eigenvalue weighted by atomic mass is 9.73. The Morgan fingerprint density at radius 2 is 2.21 bits per heavy atom. The molecule has 1 saturated heterocycles. The summed E-state index contributed by atoms with van der Waals surface area (Å²) in [7, 11) is 0. The molecule has 1 fully saturated rings. The monoisotopic (exact) mass is 276 g/mol. The van der Waals surface area contributed by atoms with Gasteiger partial charge in [-0.2, -0.15) is 13.2 Å². The van der Waals surface area contributed by atoms with Crippen LogP contribution in [0.1, 0.15) is 30.8 Å². The van der Waals surface area contributed by atoms with Crippen LogP contribution in [0.15, 0.2) is 16.9 Å². The molecular weight excluding hydrogens is 261 g/mol. The Morgan fingerprint density at radius 3 is 2.68 bits per heavy atom. The summed E-state index contributed by atoms with van der Waals surface area (Å²) in [6.07, 6.45) is -3.05. The number of aromatic nitrogens is 1. The van der Waals surface area contributed by atoms with Gasteiger partial charge >= 0.3 is 6.18 Å². The average Bonchev–Trinajstić information content (AvgIpc) is 2.77. The van der Waals surface area contributed by atoms with Crippen LogP contribution in [0.4, 0.5) is 13.2 Å². The standard InChI is InChI=1S/C12H15F3N2O2/c1-11(2)7-17(5-3-9(11)12(13,14)15)10(18)8-4-6-19-16-8/h4,6,9H,3,5,7H2,1-2H3/t9-/m0/s1. The first-order valence-electron chi connectivity index (χ1n) is 5.98. The third kappa shape index (κ3) is 2.74. The summed E-state index contributed by atoms with van der Waals surface area (Å²) >= 11 is 0. The van der Waals surface area contributed by atoms with Crippen molar-refractivity contribution in [2.24, 2.45) is 11.3 Å². The number of nitrogens with zero attached hydrogens (tertiary/aromatic N) is 2. The van der Waals surface area contributed by atoms with Crippen molar-refractivity contribution in [3.05, 3.63) is 18.0 Å². The van der Waals surface area contributed by atoms with Gasteiger partial charge in [0.15, 0.2) is 5.69 Å². The molecule has 0 saturated carbocycles. The van der Waals surface area contributed by atoms with Crippen LogP contribution in [0.25, 0.3) is 0 Å². The van der Waals surface area contributed by atoms with E-state index in [9.17, 15) is 18.0 Å². The fourth-order valence-corrected chi connectivity index (χ4v) is 2.62. The fraction of sp³-hybridized carbons (Fsp3) is 0.667. The van der Waals surface area contributed by atoms with Crippen molar-refractivity contribution in [1.29, 1.82) is 0 Å². The molecule has 2 rings (SSSR count). The van der Waals surface area contributed by atoms with Crippen LogP contribution in [0.5, 0.6) is 0 Å². The number of rotatable bonds is 1. The number of hydrogen-bond donors (Lipinski definition) is 0. The van der Waals surface area contributed by atoms with Gasteiger partial charge in [-0.05, 0) is 11.8 Å². The van der Waals surface area contributed by atoms with Gasteiger partial charge in [-0.1, -0.05) is 19.0 Å². The van der Waals surface area contributed by atoms with E-state index in [1.807, 2.05) is 0 Å². The number of hydrogen-bond acceptors (Lipinski definition) is 3. The summed E-state index contributed by atoms with van der Waals surface area (Å²) < 4.78 is 43.3. The molecule has 0 spiro atoms. The van der Waals surface area contributed by atoms with E-state index in [2.05, 4.69) is 9.68 Å². The van der Waals surface area contributed by atoms with E-state index in [0.29, 0.717) is 0 Å². The van der Waals surface area contributed by atoms with Gasteiger partial charge < -0.3 is 9.42 Å². The van der Waals surface area contributed by atoms with Gasteiger partial charge in [0.2, 0.25) is 0 Å². The summed E-state index contributed by atoms with van der Waals surface area (Å²) in [6, 6.07) is 1.41. The number of likely N-dealkylation sites (tertiary alicyclic amines) is 1. The van der Waals surface area contributed by atoms with Crippen LogP contribution in [0.2, 0.25) is 0 Å². The maximum atomic E-state index is 12.9. The molecule has 0 aromatic carbocycles. The molecule has 1 aliphatic rings. The molecule has 0 bridgehead atoms. The third-order valence-corrected chi connectivity index (χ3v) is 3.57. The number of halogens is 3. The zero-order valence-corrected chi connectivity index (χ0v) is 10.7. The quantitative estimate of drug-likeness (QED) is 0.792. The maximum Gasteiger partial charge on any atom is 0.392 e. The minimum atomic E-state index is -4.23. The molecule has 106 valence electrons. The van der Waals surface area contributed by atoms with Gasteiger partial charge in [-0.25, -0.2) is 0 Å². The van der Waals surface area contributed by atoms with Crippen molar-refractivity contribution in [2.75, 3.05) is 13.1 Å². The molecule has 0 radical (unpaired) electrons. The van der Waals surface area contributed by atoms with E-state index in [1.54, 1.807) is 0 Å². The number of carbonyl (C=O) groups excluding carboxylic acids is 1. The molecule has 19 heavy (non-hydrogen) atoms. The number of amides is 1. The first-order valence-corrected chi connectivity index (χ1v) is 5.98. The van der Waals surface area contributed by atoms with E-state index >= 15 is 0 Å². The highest BCUT2D eigenvalue weighted by Crippen LogP contribution is 2.45. The van der Waals surface area contributed by atoms with Crippen LogP contribution >= 0.6 is 0 Å². The van der Waals surface area contributed by atoms with Crippen molar-refractivity contribution in [2.45, 2.75) is 26.4 Å². The Hall–Kier alpha value is -1.53. The van der Waals surface area contributed by atoms with Crippen molar-refractivity contribution < 1.29 is 22.5 Å². The molecule has 1 aliphatic heterocycles. The van der Waals surface area contributed by atoms with Crippen LogP contribution in [-0.4, -0.2) is 35.2 Å². The summed E-state index contributed by atoms with van der Waals surface area (Å²) in [5.74, 6) is -1.77. The summed E-state index contributed by atoms with van der Waals surface area (Å²) in [4.78, 5) is 13.4. The van der Waals surface area contributed by atoms with Gasteiger partial charge in [-0.15, -0.1) is 0 Å². The molecule has 0 N–H and O–H groups in total. The maximum absolute atomic E-state index is 12.9. The molecule has 1 aromatic rings. The lowest BCUT2D eigenvalue weighted by Crippen LogP contribution is -2.52. The van der Waals surface area contributed by atoms with Gasteiger partial charge in [0, 0.05) is 19.2 Å². The molecule has 7 heteroatoms. The summed E-state index contributed by atoms with van der Waals surface area (Å²) in [5, 5.41) is 3.52. The predicted molar refractivity (Wildman–Crippen MR) is 60.3 cm³/mol. The first-order chi connectivity index (χ1) is 8.72. The number of alkyl halides is 3. The Kier molecular flexibility index (Phi) is 3.32. The minimum Gasteiger partial charge on any atom is -0.364 e. The van der Waals surface area contributed by atoms with Crippen LogP contribution in [0, 0.1) is 11.3 Å². The molecule has 2 heterocycles. The van der Waals surface area contributed by atoms with E-state index in [0.717, 1.165) is 0 Å². The van der Waals surface area contributed by atoms with Gasteiger partial charge in [0.05, 0.1) is 5.92 Å². The van der Waals surface area contributed by atoms with Crippen LogP contribution in [0.3, 0.4) is 0 Å². The second-order valence-corrected chi connectivity index (χ2v) is 5.48. The smallest absolute Gasteiger partial charge is 0.364 e. The highest BCUT2D eigenvalue weighted by atomic mass is 19.4. The molecule has 0 aliphatic carbocycles. The fourth-order valence-electron chi connectivity index (χ4n) is 2.62. The lowest BCUT2D eigenvalue weighted by molar-refractivity contribution is -0.214. The molecule has 1 amide bonds. The lowest BCUT2D eigenvalue weighted by Gasteiger charge is -2.44. The molecule has 1 atom stereocenters. The van der Waals surface area contributed by atoms with Crippen LogP contribution < -0.4 is 0 Å². The minimum absolute atomic E-state index is 0.0584. The topological polar surface area (TPSA) is 46.3 Å². The summed E-state index contributed by atoms with van der Waals surface area (Å²) in [6.45, 7) is 3.21. The molecule has 4 nitrogen and oxygen atoms in total. The SMILES string of the molecule is CC1(C)CN(C(=O)c2ccon2)CC[C@@H]1C(F)(F)F. The highest BCUT2D eigenvalue weighted by Gasteiger charge is 2.51. The van der Waals surface area contributed by atoms with E-state index in [1.165, 1.54) is 31.1 Å². The first kappa shape index (κ1) is 13.9. The zero-order valence-electron chi connectivity index (χ0n) is 10.7. The predicted octanol–water partition coefficient (Wildman–Crippen LogP) is 2.73.